The average Bonchev–Trinajstić information content (AvgIpc) is 2.76. The van der Waals surface area contributed by atoms with Gasteiger partial charge >= 0.3 is 5.97 Å². The standard InChI is InChI=1S/C23H22N2O5/c1-16-8-11-22(29-2)19(12-16)15-30-23(26)18-9-10-20(21(13-18)25(27)28)24-14-17-6-4-3-5-7-17/h3-13,24H,14-15H2,1-2H3. The number of nitro groups is 1. The Bertz CT molecular complexity index is 1050. The minimum absolute atomic E-state index is 0.00545. The highest BCUT2D eigenvalue weighted by Crippen LogP contribution is 2.27. The number of esters is 1. The topological polar surface area (TPSA) is 90.7 Å². The van der Waals surface area contributed by atoms with E-state index in [0.29, 0.717) is 18.0 Å². The van der Waals surface area contributed by atoms with Gasteiger partial charge in [0.05, 0.1) is 17.6 Å². The predicted octanol–water partition coefficient (Wildman–Crippen LogP) is 4.88. The molecule has 7 nitrogen and oxygen atoms in total. The lowest BCUT2D eigenvalue weighted by atomic mass is 10.1. The van der Waals surface area contributed by atoms with E-state index in [1.165, 1.54) is 18.2 Å². The summed E-state index contributed by atoms with van der Waals surface area (Å²) in [6, 6.07) is 19.4. The Morgan fingerprint density at radius 3 is 2.53 bits per heavy atom. The van der Waals surface area contributed by atoms with Gasteiger partial charge in [-0.15, -0.1) is 0 Å². The molecular weight excluding hydrogens is 384 g/mol. The number of hydrogen-bond donors (Lipinski definition) is 1. The van der Waals surface area contributed by atoms with Crippen molar-refractivity contribution in [3.8, 4) is 5.75 Å². The van der Waals surface area contributed by atoms with Crippen molar-refractivity contribution >= 4 is 17.3 Å². The molecule has 0 aliphatic heterocycles. The summed E-state index contributed by atoms with van der Waals surface area (Å²) in [7, 11) is 1.54. The summed E-state index contributed by atoms with van der Waals surface area (Å²) in [5.74, 6) is -0.0314. The molecule has 0 fully saturated rings. The number of nitrogens with zero attached hydrogens (tertiary/aromatic N) is 1. The summed E-state index contributed by atoms with van der Waals surface area (Å²) in [4.78, 5) is 23.4. The maximum atomic E-state index is 12.5. The number of rotatable bonds is 8. The molecule has 3 aromatic rings. The number of aryl methyl sites for hydroxylation is 1. The first-order valence-corrected chi connectivity index (χ1v) is 9.35. The summed E-state index contributed by atoms with van der Waals surface area (Å²) in [6.45, 7) is 2.36. The fraction of sp³-hybridized carbons (Fsp3) is 0.174. The molecule has 0 aliphatic carbocycles. The fourth-order valence-corrected chi connectivity index (χ4v) is 3.00. The second-order valence-electron chi connectivity index (χ2n) is 6.72. The molecule has 0 atom stereocenters. The van der Waals surface area contributed by atoms with Crippen LogP contribution in [0.25, 0.3) is 0 Å². The van der Waals surface area contributed by atoms with Gasteiger partial charge in [0.15, 0.2) is 0 Å². The number of hydrogen-bond acceptors (Lipinski definition) is 6. The van der Waals surface area contributed by atoms with Crippen molar-refractivity contribution in [1.82, 2.24) is 0 Å². The lowest BCUT2D eigenvalue weighted by molar-refractivity contribution is -0.384. The van der Waals surface area contributed by atoms with Gasteiger partial charge in [-0.25, -0.2) is 4.79 Å². The molecule has 0 saturated carbocycles. The van der Waals surface area contributed by atoms with Crippen LogP contribution in [0.1, 0.15) is 27.0 Å². The number of carbonyl (C=O) groups excluding carboxylic acids is 1. The first-order chi connectivity index (χ1) is 14.5. The van der Waals surface area contributed by atoms with Crippen molar-refractivity contribution in [1.29, 1.82) is 0 Å². The van der Waals surface area contributed by atoms with Gasteiger partial charge in [-0.3, -0.25) is 10.1 Å². The minimum Gasteiger partial charge on any atom is -0.496 e. The number of benzene rings is 3. The first-order valence-electron chi connectivity index (χ1n) is 9.35. The van der Waals surface area contributed by atoms with E-state index in [1.807, 2.05) is 49.4 Å². The lowest BCUT2D eigenvalue weighted by Crippen LogP contribution is -2.08. The van der Waals surface area contributed by atoms with E-state index < -0.39 is 10.9 Å². The van der Waals surface area contributed by atoms with Crippen LogP contribution in [0.2, 0.25) is 0 Å². The quantitative estimate of drug-likeness (QED) is 0.326. The zero-order chi connectivity index (χ0) is 21.5. The maximum Gasteiger partial charge on any atom is 0.338 e. The van der Waals surface area contributed by atoms with Gasteiger partial charge in [0.25, 0.3) is 5.69 Å². The number of nitro benzene ring substituents is 1. The molecule has 0 bridgehead atoms. The van der Waals surface area contributed by atoms with E-state index >= 15 is 0 Å². The van der Waals surface area contributed by atoms with Gasteiger partial charge in [0.1, 0.15) is 18.0 Å². The third kappa shape index (κ3) is 5.14. The number of carbonyl (C=O) groups is 1. The zero-order valence-electron chi connectivity index (χ0n) is 16.8. The van der Waals surface area contributed by atoms with Crippen molar-refractivity contribution in [2.24, 2.45) is 0 Å². The third-order valence-electron chi connectivity index (χ3n) is 4.55. The molecule has 0 amide bonds. The molecule has 0 spiro atoms. The van der Waals surface area contributed by atoms with Crippen molar-refractivity contribution in [2.75, 3.05) is 12.4 Å². The molecule has 1 N–H and O–H groups in total. The van der Waals surface area contributed by atoms with Gasteiger partial charge in [-0.2, -0.15) is 0 Å². The summed E-state index contributed by atoms with van der Waals surface area (Å²) >= 11 is 0. The molecule has 0 radical (unpaired) electrons. The maximum absolute atomic E-state index is 12.5. The second kappa shape index (κ2) is 9.56. The van der Waals surface area contributed by atoms with Gasteiger partial charge in [0.2, 0.25) is 0 Å². The largest absolute Gasteiger partial charge is 0.496 e. The Kier molecular flexibility index (Phi) is 6.64. The summed E-state index contributed by atoms with van der Waals surface area (Å²) in [6.07, 6.45) is 0. The average molecular weight is 406 g/mol. The first kappa shape index (κ1) is 20.9. The van der Waals surface area contributed by atoms with E-state index in [2.05, 4.69) is 5.32 Å². The number of nitrogens with one attached hydrogen (secondary N) is 1. The van der Waals surface area contributed by atoms with E-state index in [-0.39, 0.29) is 17.9 Å². The summed E-state index contributed by atoms with van der Waals surface area (Å²) in [5.41, 5.74) is 2.98. The fourth-order valence-electron chi connectivity index (χ4n) is 3.00. The van der Waals surface area contributed by atoms with Crippen LogP contribution in [0.3, 0.4) is 0 Å². The van der Waals surface area contributed by atoms with Gasteiger partial charge in [-0.05, 0) is 36.8 Å². The van der Waals surface area contributed by atoms with Crippen molar-refractivity contribution in [3.05, 3.63) is 99.1 Å². The number of anilines is 1. The molecule has 30 heavy (non-hydrogen) atoms. The Labute approximate surface area is 174 Å². The van der Waals surface area contributed by atoms with E-state index in [4.69, 9.17) is 9.47 Å². The Morgan fingerprint density at radius 1 is 1.07 bits per heavy atom. The van der Waals surface area contributed by atoms with Gasteiger partial charge in [-0.1, -0.05) is 42.0 Å². The van der Waals surface area contributed by atoms with E-state index in [1.54, 1.807) is 13.2 Å². The van der Waals surface area contributed by atoms with Crippen LogP contribution >= 0.6 is 0 Å². The molecule has 0 unspecified atom stereocenters. The zero-order valence-corrected chi connectivity index (χ0v) is 16.8. The van der Waals surface area contributed by atoms with Crippen molar-refractivity contribution in [2.45, 2.75) is 20.1 Å². The molecular formula is C23H22N2O5. The second-order valence-corrected chi connectivity index (χ2v) is 6.72. The van der Waals surface area contributed by atoms with Crippen molar-refractivity contribution < 1.29 is 19.2 Å². The molecule has 3 aromatic carbocycles. The third-order valence-corrected chi connectivity index (χ3v) is 4.55. The smallest absolute Gasteiger partial charge is 0.338 e. The van der Waals surface area contributed by atoms with Crippen LogP contribution in [0, 0.1) is 17.0 Å². The van der Waals surface area contributed by atoms with Gasteiger partial charge < -0.3 is 14.8 Å². The van der Waals surface area contributed by atoms with Crippen LogP contribution in [0.15, 0.2) is 66.7 Å². The lowest BCUT2D eigenvalue weighted by Gasteiger charge is -2.11. The molecule has 3 rings (SSSR count). The Morgan fingerprint density at radius 2 is 1.83 bits per heavy atom. The van der Waals surface area contributed by atoms with Crippen LogP contribution in [0.5, 0.6) is 5.75 Å². The predicted molar refractivity (Wildman–Crippen MR) is 114 cm³/mol. The Hall–Kier alpha value is -3.87. The highest BCUT2D eigenvalue weighted by Gasteiger charge is 2.19. The molecule has 7 heteroatoms. The van der Waals surface area contributed by atoms with Gasteiger partial charge in [0, 0.05) is 18.2 Å². The monoisotopic (exact) mass is 406 g/mol. The number of ether oxygens (including phenoxy) is 2. The molecule has 0 aromatic heterocycles. The summed E-state index contributed by atoms with van der Waals surface area (Å²) < 4.78 is 10.6. The number of methoxy groups -OCH3 is 1. The van der Waals surface area contributed by atoms with E-state index in [0.717, 1.165) is 16.7 Å². The van der Waals surface area contributed by atoms with Crippen LogP contribution < -0.4 is 10.1 Å². The Balaban J connectivity index is 1.72. The highest BCUT2D eigenvalue weighted by atomic mass is 16.6. The molecule has 0 saturated heterocycles. The van der Waals surface area contributed by atoms with Crippen LogP contribution in [-0.4, -0.2) is 18.0 Å². The molecule has 0 aliphatic rings. The molecule has 154 valence electrons. The van der Waals surface area contributed by atoms with E-state index in [9.17, 15) is 14.9 Å². The van der Waals surface area contributed by atoms with Crippen LogP contribution in [0.4, 0.5) is 11.4 Å². The van der Waals surface area contributed by atoms with Crippen molar-refractivity contribution in [3.63, 3.8) is 0 Å². The SMILES string of the molecule is COc1ccc(C)cc1COC(=O)c1ccc(NCc2ccccc2)c([N+](=O)[O-])c1. The van der Waals surface area contributed by atoms with Crippen LogP contribution in [-0.2, 0) is 17.9 Å². The molecule has 0 heterocycles. The highest BCUT2D eigenvalue weighted by molar-refractivity contribution is 5.91. The minimum atomic E-state index is -0.642. The summed E-state index contributed by atoms with van der Waals surface area (Å²) in [5, 5.41) is 14.6. The normalized spacial score (nSPS) is 10.3.